The predicted octanol–water partition coefficient (Wildman–Crippen LogP) is 2.72. The van der Waals surface area contributed by atoms with Crippen molar-refractivity contribution >= 4 is 6.08 Å². The minimum absolute atomic E-state index is 0.470. The van der Waals surface area contributed by atoms with Gasteiger partial charge in [-0.15, -0.1) is 0 Å². The molecule has 0 bridgehead atoms. The summed E-state index contributed by atoms with van der Waals surface area (Å²) < 4.78 is 1.89. The summed E-state index contributed by atoms with van der Waals surface area (Å²) in [6.07, 6.45) is 4.29. The molecule has 80 valence electrons. The molecule has 4 heteroatoms. The lowest BCUT2D eigenvalue weighted by atomic mass is 10.3. The fraction of sp³-hybridized carbons (Fsp3) is 0. The smallest absolute Gasteiger partial charge is 0.236 e. The van der Waals surface area contributed by atoms with Gasteiger partial charge >= 0.3 is 0 Å². The lowest BCUT2D eigenvalue weighted by Crippen LogP contribution is -1.94. The molecule has 1 heterocycles. The zero-order chi connectivity index (χ0) is 11.4. The zero-order valence-electron chi connectivity index (χ0n) is 8.48. The molecule has 2 aromatic rings. The van der Waals surface area contributed by atoms with Crippen molar-refractivity contribution in [3.05, 3.63) is 70.7 Å². The van der Waals surface area contributed by atoms with Gasteiger partial charge in [0.15, 0.2) is 0 Å². The Kier molecular flexibility index (Phi) is 2.82. The molecule has 4 nitrogen and oxygen atoms in total. The summed E-state index contributed by atoms with van der Waals surface area (Å²) in [6, 6.07) is 13.4. The van der Waals surface area contributed by atoms with Gasteiger partial charge in [0.25, 0.3) is 0 Å². The van der Waals surface area contributed by atoms with Crippen molar-refractivity contribution < 1.29 is 4.92 Å². The molecule has 0 N–H and O–H groups in total. The van der Waals surface area contributed by atoms with E-state index in [0.29, 0.717) is 0 Å². The summed E-state index contributed by atoms with van der Waals surface area (Å²) in [4.78, 5) is 9.78. The van der Waals surface area contributed by atoms with Crippen molar-refractivity contribution in [2.45, 2.75) is 0 Å². The van der Waals surface area contributed by atoms with Crippen molar-refractivity contribution in [3.63, 3.8) is 0 Å². The lowest BCUT2D eigenvalue weighted by molar-refractivity contribution is -0.401. The number of benzene rings is 1. The highest BCUT2D eigenvalue weighted by atomic mass is 16.6. The van der Waals surface area contributed by atoms with Gasteiger partial charge in [0.2, 0.25) is 6.20 Å². The van der Waals surface area contributed by atoms with Crippen LogP contribution in [-0.2, 0) is 0 Å². The van der Waals surface area contributed by atoms with Crippen LogP contribution in [0.1, 0.15) is 5.69 Å². The van der Waals surface area contributed by atoms with Gasteiger partial charge in [0, 0.05) is 18.0 Å². The molecular formula is C12H10N2O2. The Morgan fingerprint density at radius 2 is 1.88 bits per heavy atom. The molecule has 0 amide bonds. The van der Waals surface area contributed by atoms with Crippen LogP contribution in [0.15, 0.2) is 54.9 Å². The number of nitrogens with zero attached hydrogens (tertiary/aromatic N) is 2. The molecule has 0 fully saturated rings. The third-order valence-electron chi connectivity index (χ3n) is 2.18. The van der Waals surface area contributed by atoms with Crippen LogP contribution in [0, 0.1) is 10.1 Å². The molecule has 2 rings (SSSR count). The van der Waals surface area contributed by atoms with Crippen LogP contribution < -0.4 is 0 Å². The van der Waals surface area contributed by atoms with E-state index in [2.05, 4.69) is 0 Å². The Labute approximate surface area is 92.6 Å². The Morgan fingerprint density at radius 1 is 1.12 bits per heavy atom. The van der Waals surface area contributed by atoms with Crippen molar-refractivity contribution in [3.8, 4) is 5.69 Å². The monoisotopic (exact) mass is 214 g/mol. The van der Waals surface area contributed by atoms with Crippen LogP contribution in [0.2, 0.25) is 0 Å². The first kappa shape index (κ1) is 10.2. The molecule has 1 aromatic carbocycles. The summed E-state index contributed by atoms with van der Waals surface area (Å²) in [5, 5.41) is 10.3. The maximum absolute atomic E-state index is 10.3. The van der Waals surface area contributed by atoms with E-state index in [0.717, 1.165) is 17.6 Å². The highest BCUT2D eigenvalue weighted by Gasteiger charge is 2.00. The molecule has 1 aromatic heterocycles. The van der Waals surface area contributed by atoms with E-state index in [4.69, 9.17) is 0 Å². The highest BCUT2D eigenvalue weighted by Crippen LogP contribution is 2.13. The van der Waals surface area contributed by atoms with Gasteiger partial charge < -0.3 is 4.57 Å². The Bertz CT molecular complexity index is 515. The van der Waals surface area contributed by atoms with E-state index >= 15 is 0 Å². The Balaban J connectivity index is 2.37. The van der Waals surface area contributed by atoms with Crippen molar-refractivity contribution in [1.82, 2.24) is 4.57 Å². The summed E-state index contributed by atoms with van der Waals surface area (Å²) in [5.74, 6) is 0. The Morgan fingerprint density at radius 3 is 2.56 bits per heavy atom. The molecule has 0 aliphatic heterocycles. The number of hydrogen-bond donors (Lipinski definition) is 0. The molecule has 16 heavy (non-hydrogen) atoms. The number of aromatic nitrogens is 1. The summed E-state index contributed by atoms with van der Waals surface area (Å²) in [6.45, 7) is 0. The van der Waals surface area contributed by atoms with Crippen LogP contribution in [0.4, 0.5) is 0 Å². The van der Waals surface area contributed by atoms with E-state index < -0.39 is 4.92 Å². The molecule has 0 aliphatic rings. The fourth-order valence-electron chi connectivity index (χ4n) is 1.49. The van der Waals surface area contributed by atoms with Gasteiger partial charge in [0.05, 0.1) is 10.6 Å². The number of nitro groups is 1. The van der Waals surface area contributed by atoms with E-state index in [-0.39, 0.29) is 0 Å². The van der Waals surface area contributed by atoms with Gasteiger partial charge in [-0.25, -0.2) is 0 Å². The number of rotatable bonds is 3. The second kappa shape index (κ2) is 4.44. The standard InChI is InChI=1S/C12H10N2O2/c15-14(16)10-8-12-7-4-9-13(12)11-5-2-1-3-6-11/h1-10H/b10-8+. The van der Waals surface area contributed by atoms with Crippen molar-refractivity contribution in [2.24, 2.45) is 0 Å². The first-order valence-corrected chi connectivity index (χ1v) is 4.82. The van der Waals surface area contributed by atoms with E-state index in [9.17, 15) is 10.1 Å². The van der Waals surface area contributed by atoms with Gasteiger partial charge in [-0.1, -0.05) is 18.2 Å². The second-order valence-corrected chi connectivity index (χ2v) is 3.24. The second-order valence-electron chi connectivity index (χ2n) is 3.24. The summed E-state index contributed by atoms with van der Waals surface area (Å²) in [7, 11) is 0. The normalized spacial score (nSPS) is 10.8. The predicted molar refractivity (Wildman–Crippen MR) is 61.8 cm³/mol. The van der Waals surface area contributed by atoms with Crippen molar-refractivity contribution in [1.29, 1.82) is 0 Å². The molecule has 0 saturated heterocycles. The van der Waals surface area contributed by atoms with Crippen LogP contribution in [0.3, 0.4) is 0 Å². The van der Waals surface area contributed by atoms with E-state index in [1.807, 2.05) is 53.2 Å². The minimum atomic E-state index is -0.470. The van der Waals surface area contributed by atoms with E-state index in [1.165, 1.54) is 6.08 Å². The Hall–Kier alpha value is -2.36. The lowest BCUT2D eigenvalue weighted by Gasteiger charge is -2.04. The average Bonchev–Trinajstić information content (AvgIpc) is 2.75. The maximum Gasteiger partial charge on any atom is 0.236 e. The van der Waals surface area contributed by atoms with Crippen LogP contribution >= 0.6 is 0 Å². The van der Waals surface area contributed by atoms with Crippen LogP contribution in [0.5, 0.6) is 0 Å². The quantitative estimate of drug-likeness (QED) is 0.582. The zero-order valence-corrected chi connectivity index (χ0v) is 8.48. The first-order chi connectivity index (χ1) is 7.77. The largest absolute Gasteiger partial charge is 0.317 e. The highest BCUT2D eigenvalue weighted by molar-refractivity contribution is 5.49. The third kappa shape index (κ3) is 2.17. The molecule has 0 unspecified atom stereocenters. The molecule has 0 saturated carbocycles. The molecule has 0 radical (unpaired) electrons. The first-order valence-electron chi connectivity index (χ1n) is 4.82. The molecule has 0 spiro atoms. The van der Waals surface area contributed by atoms with Gasteiger partial charge in [-0.3, -0.25) is 10.1 Å². The van der Waals surface area contributed by atoms with Crippen molar-refractivity contribution in [2.75, 3.05) is 0 Å². The number of para-hydroxylation sites is 1. The third-order valence-corrected chi connectivity index (χ3v) is 2.18. The van der Waals surface area contributed by atoms with Gasteiger partial charge in [-0.2, -0.15) is 0 Å². The van der Waals surface area contributed by atoms with Crippen LogP contribution in [0.25, 0.3) is 11.8 Å². The van der Waals surface area contributed by atoms with Gasteiger partial charge in [-0.05, 0) is 24.3 Å². The molecular weight excluding hydrogens is 204 g/mol. The number of hydrogen-bond acceptors (Lipinski definition) is 2. The maximum atomic E-state index is 10.3. The fourth-order valence-corrected chi connectivity index (χ4v) is 1.49. The minimum Gasteiger partial charge on any atom is -0.317 e. The topological polar surface area (TPSA) is 48.1 Å². The van der Waals surface area contributed by atoms with Gasteiger partial charge in [0.1, 0.15) is 0 Å². The molecule has 0 atom stereocenters. The van der Waals surface area contributed by atoms with Crippen LogP contribution in [-0.4, -0.2) is 9.49 Å². The van der Waals surface area contributed by atoms with E-state index in [1.54, 1.807) is 0 Å². The SMILES string of the molecule is O=[N+]([O-])/C=C/c1cccn1-c1ccccc1. The summed E-state index contributed by atoms with van der Waals surface area (Å²) in [5.41, 5.74) is 1.76. The summed E-state index contributed by atoms with van der Waals surface area (Å²) >= 11 is 0. The average molecular weight is 214 g/mol. The molecule has 0 aliphatic carbocycles.